The molecule has 1 N–H and O–H groups in total. The molecule has 1 unspecified atom stereocenters. The standard InChI is InChI=1S/C22H25ClN4OS/c1-4-16-6-8-17(9-7-16)15(3)24-20(28)14-29-22-26-25-21(27(22)5-2)18-10-12-19(23)13-11-18/h6-13,15H,4-5,14H2,1-3H3,(H,24,28). The van der Waals surface area contributed by atoms with Gasteiger partial charge in [0.25, 0.3) is 0 Å². The summed E-state index contributed by atoms with van der Waals surface area (Å²) in [5, 5.41) is 13.0. The van der Waals surface area contributed by atoms with E-state index in [1.165, 1.54) is 17.3 Å². The minimum Gasteiger partial charge on any atom is -0.349 e. The summed E-state index contributed by atoms with van der Waals surface area (Å²) in [6.45, 7) is 6.88. The molecule has 0 aliphatic carbocycles. The van der Waals surface area contributed by atoms with Crippen LogP contribution in [-0.2, 0) is 17.8 Å². The van der Waals surface area contributed by atoms with E-state index >= 15 is 0 Å². The highest BCUT2D eigenvalue weighted by atomic mass is 35.5. The average Bonchev–Trinajstić information content (AvgIpc) is 3.15. The van der Waals surface area contributed by atoms with Crippen LogP contribution >= 0.6 is 23.4 Å². The fourth-order valence-corrected chi connectivity index (χ4v) is 3.97. The third kappa shape index (κ3) is 5.40. The first kappa shape index (κ1) is 21.4. The van der Waals surface area contributed by atoms with Gasteiger partial charge in [0.1, 0.15) is 0 Å². The maximum absolute atomic E-state index is 12.4. The van der Waals surface area contributed by atoms with Gasteiger partial charge in [0, 0.05) is 17.1 Å². The number of rotatable bonds is 8. The van der Waals surface area contributed by atoms with E-state index < -0.39 is 0 Å². The van der Waals surface area contributed by atoms with Gasteiger partial charge in [-0.15, -0.1) is 10.2 Å². The van der Waals surface area contributed by atoms with Gasteiger partial charge in [0.2, 0.25) is 5.91 Å². The van der Waals surface area contributed by atoms with E-state index in [4.69, 9.17) is 11.6 Å². The molecule has 0 aliphatic rings. The second-order valence-corrected chi connectivity index (χ2v) is 8.11. The van der Waals surface area contributed by atoms with Gasteiger partial charge < -0.3 is 9.88 Å². The number of nitrogens with zero attached hydrogens (tertiary/aromatic N) is 3. The van der Waals surface area contributed by atoms with E-state index in [9.17, 15) is 4.79 Å². The zero-order chi connectivity index (χ0) is 20.8. The number of halogens is 1. The zero-order valence-electron chi connectivity index (χ0n) is 16.9. The Labute approximate surface area is 180 Å². The van der Waals surface area contributed by atoms with Crippen molar-refractivity contribution in [3.8, 4) is 11.4 Å². The SMILES string of the molecule is CCc1ccc(C(C)NC(=O)CSc2nnc(-c3ccc(Cl)cc3)n2CC)cc1. The summed E-state index contributed by atoms with van der Waals surface area (Å²) in [4.78, 5) is 12.4. The molecule has 29 heavy (non-hydrogen) atoms. The van der Waals surface area contributed by atoms with E-state index in [1.807, 2.05) is 42.7 Å². The first-order chi connectivity index (χ1) is 14.0. The summed E-state index contributed by atoms with van der Waals surface area (Å²) in [6.07, 6.45) is 1.01. The van der Waals surface area contributed by atoms with Gasteiger partial charge in [0.15, 0.2) is 11.0 Å². The molecule has 1 heterocycles. The Morgan fingerprint density at radius 2 is 1.79 bits per heavy atom. The summed E-state index contributed by atoms with van der Waals surface area (Å²) < 4.78 is 2.01. The van der Waals surface area contributed by atoms with Crippen LogP contribution in [-0.4, -0.2) is 26.4 Å². The minimum absolute atomic E-state index is 0.0271. The van der Waals surface area contributed by atoms with Crippen LogP contribution in [0.5, 0.6) is 0 Å². The van der Waals surface area contributed by atoms with Crippen LogP contribution in [0.2, 0.25) is 5.02 Å². The highest BCUT2D eigenvalue weighted by Gasteiger charge is 2.16. The van der Waals surface area contributed by atoms with Crippen LogP contribution in [0.4, 0.5) is 0 Å². The molecule has 0 saturated heterocycles. The number of benzene rings is 2. The number of hydrogen-bond acceptors (Lipinski definition) is 4. The molecule has 5 nitrogen and oxygen atoms in total. The maximum atomic E-state index is 12.4. The number of carbonyl (C=O) groups is 1. The van der Waals surface area contributed by atoms with E-state index in [0.29, 0.717) is 5.02 Å². The molecule has 152 valence electrons. The summed E-state index contributed by atoms with van der Waals surface area (Å²) in [5.74, 6) is 1.04. The summed E-state index contributed by atoms with van der Waals surface area (Å²) in [5.41, 5.74) is 3.34. The van der Waals surface area contributed by atoms with Gasteiger partial charge in [-0.3, -0.25) is 4.79 Å². The van der Waals surface area contributed by atoms with Gasteiger partial charge in [-0.1, -0.05) is 54.6 Å². The highest BCUT2D eigenvalue weighted by Crippen LogP contribution is 2.25. The summed E-state index contributed by atoms with van der Waals surface area (Å²) in [6, 6.07) is 15.8. The lowest BCUT2D eigenvalue weighted by atomic mass is 10.1. The molecule has 0 fully saturated rings. The number of aryl methyl sites for hydroxylation is 1. The van der Waals surface area contributed by atoms with Gasteiger partial charge in [-0.25, -0.2) is 0 Å². The number of thioether (sulfide) groups is 1. The third-order valence-electron chi connectivity index (χ3n) is 4.73. The lowest BCUT2D eigenvalue weighted by Crippen LogP contribution is -2.28. The number of hydrogen-bond donors (Lipinski definition) is 1. The Morgan fingerprint density at radius 3 is 2.41 bits per heavy atom. The molecule has 0 spiro atoms. The predicted molar refractivity (Wildman–Crippen MR) is 119 cm³/mol. The van der Waals surface area contributed by atoms with Crippen molar-refractivity contribution in [3.05, 3.63) is 64.7 Å². The summed E-state index contributed by atoms with van der Waals surface area (Å²) >= 11 is 7.36. The molecule has 3 rings (SSSR count). The van der Waals surface area contributed by atoms with E-state index in [2.05, 4.69) is 46.7 Å². The molecule has 1 amide bonds. The molecular weight excluding hydrogens is 404 g/mol. The zero-order valence-corrected chi connectivity index (χ0v) is 18.4. The molecule has 0 radical (unpaired) electrons. The smallest absolute Gasteiger partial charge is 0.230 e. The number of aromatic nitrogens is 3. The van der Waals surface area contributed by atoms with Gasteiger partial charge >= 0.3 is 0 Å². The van der Waals surface area contributed by atoms with Crippen molar-refractivity contribution >= 4 is 29.3 Å². The second-order valence-electron chi connectivity index (χ2n) is 6.73. The molecular formula is C22H25ClN4OS. The Bertz CT molecular complexity index is 954. The molecule has 0 bridgehead atoms. The van der Waals surface area contributed by atoms with Crippen molar-refractivity contribution in [3.63, 3.8) is 0 Å². The van der Waals surface area contributed by atoms with Crippen molar-refractivity contribution in [1.82, 2.24) is 20.1 Å². The fourth-order valence-electron chi connectivity index (χ4n) is 3.03. The molecule has 0 saturated carbocycles. The Balaban J connectivity index is 1.61. The van der Waals surface area contributed by atoms with Gasteiger partial charge in [-0.05, 0) is 55.7 Å². The first-order valence-corrected chi connectivity index (χ1v) is 11.1. The van der Waals surface area contributed by atoms with Crippen LogP contribution in [0.15, 0.2) is 53.7 Å². The van der Waals surface area contributed by atoms with Crippen molar-refractivity contribution in [2.45, 2.75) is 44.9 Å². The van der Waals surface area contributed by atoms with Crippen LogP contribution in [0, 0.1) is 0 Å². The van der Waals surface area contributed by atoms with E-state index in [1.54, 1.807) is 0 Å². The molecule has 0 aliphatic heterocycles. The van der Waals surface area contributed by atoms with Gasteiger partial charge in [-0.2, -0.15) is 0 Å². The Morgan fingerprint density at radius 1 is 1.10 bits per heavy atom. The summed E-state index contributed by atoms with van der Waals surface area (Å²) in [7, 11) is 0. The highest BCUT2D eigenvalue weighted by molar-refractivity contribution is 7.99. The Hall–Kier alpha value is -2.31. The normalized spacial score (nSPS) is 12.0. The topological polar surface area (TPSA) is 59.8 Å². The quantitative estimate of drug-likeness (QED) is 0.504. The van der Waals surface area contributed by atoms with E-state index in [-0.39, 0.29) is 17.7 Å². The largest absolute Gasteiger partial charge is 0.349 e. The lowest BCUT2D eigenvalue weighted by molar-refractivity contribution is -0.119. The molecule has 3 aromatic rings. The number of nitrogens with one attached hydrogen (secondary N) is 1. The van der Waals surface area contributed by atoms with Crippen LogP contribution in [0.3, 0.4) is 0 Å². The van der Waals surface area contributed by atoms with Crippen LogP contribution < -0.4 is 5.32 Å². The molecule has 7 heteroatoms. The Kier molecular flexibility index (Phi) is 7.34. The number of amides is 1. The van der Waals surface area contributed by atoms with Crippen LogP contribution in [0.1, 0.15) is 37.9 Å². The monoisotopic (exact) mass is 428 g/mol. The van der Waals surface area contributed by atoms with E-state index in [0.717, 1.165) is 35.1 Å². The maximum Gasteiger partial charge on any atom is 0.230 e. The fraction of sp³-hybridized carbons (Fsp3) is 0.318. The second kappa shape index (κ2) is 9.94. The molecule has 1 aromatic heterocycles. The van der Waals surface area contributed by atoms with Crippen molar-refractivity contribution in [2.24, 2.45) is 0 Å². The van der Waals surface area contributed by atoms with Gasteiger partial charge in [0.05, 0.1) is 11.8 Å². The molecule has 2 aromatic carbocycles. The third-order valence-corrected chi connectivity index (χ3v) is 5.95. The lowest BCUT2D eigenvalue weighted by Gasteiger charge is -2.15. The number of carbonyl (C=O) groups excluding carboxylic acids is 1. The predicted octanol–water partition coefficient (Wildman–Crippen LogP) is 5.15. The van der Waals surface area contributed by atoms with Crippen molar-refractivity contribution in [2.75, 3.05) is 5.75 Å². The molecule has 1 atom stereocenters. The minimum atomic E-state index is -0.0392. The first-order valence-electron chi connectivity index (χ1n) is 9.72. The van der Waals surface area contributed by atoms with Crippen molar-refractivity contribution < 1.29 is 4.79 Å². The van der Waals surface area contributed by atoms with Crippen LogP contribution in [0.25, 0.3) is 11.4 Å². The average molecular weight is 429 g/mol. The van der Waals surface area contributed by atoms with Crippen molar-refractivity contribution in [1.29, 1.82) is 0 Å².